The van der Waals surface area contributed by atoms with Gasteiger partial charge in [-0.1, -0.05) is 6.92 Å². The molecule has 0 aromatic rings. The summed E-state index contributed by atoms with van der Waals surface area (Å²) in [5.74, 6) is -3.06. The van der Waals surface area contributed by atoms with E-state index >= 15 is 0 Å². The Morgan fingerprint density at radius 2 is 1.80 bits per heavy atom. The molecule has 0 aliphatic rings. The number of amides is 1. The SMILES string of the molecule is CCCC(=O)NC(C)(C(=O)O)C(F)(F)F. The molecule has 0 spiro atoms. The van der Waals surface area contributed by atoms with Crippen LogP contribution in [0.2, 0.25) is 0 Å². The van der Waals surface area contributed by atoms with E-state index in [1.807, 2.05) is 0 Å². The Hall–Kier alpha value is -1.27. The molecule has 0 aromatic heterocycles. The number of aliphatic carboxylic acids is 1. The number of halogens is 3. The van der Waals surface area contributed by atoms with Gasteiger partial charge < -0.3 is 10.4 Å². The molecule has 0 radical (unpaired) electrons. The maximum Gasteiger partial charge on any atom is 0.422 e. The zero-order valence-corrected chi connectivity index (χ0v) is 8.31. The second-order valence-corrected chi connectivity index (χ2v) is 3.23. The largest absolute Gasteiger partial charge is 0.479 e. The van der Waals surface area contributed by atoms with Gasteiger partial charge in [-0.2, -0.15) is 13.2 Å². The minimum absolute atomic E-state index is 0.140. The molecule has 0 aliphatic carbocycles. The summed E-state index contributed by atoms with van der Waals surface area (Å²) in [6.07, 6.45) is -4.82. The fraction of sp³-hybridized carbons (Fsp3) is 0.750. The van der Waals surface area contributed by atoms with Crippen molar-refractivity contribution in [3.63, 3.8) is 0 Å². The van der Waals surface area contributed by atoms with Crippen LogP contribution < -0.4 is 5.32 Å². The summed E-state index contributed by atoms with van der Waals surface area (Å²) in [4.78, 5) is 21.4. The highest BCUT2D eigenvalue weighted by Gasteiger charge is 2.58. The fourth-order valence-electron chi connectivity index (χ4n) is 0.814. The molecule has 1 amide bonds. The molecule has 0 heterocycles. The first-order valence-corrected chi connectivity index (χ1v) is 4.26. The first-order valence-electron chi connectivity index (χ1n) is 4.26. The van der Waals surface area contributed by atoms with Gasteiger partial charge in [0, 0.05) is 6.42 Å². The number of carbonyl (C=O) groups excluding carboxylic acids is 1. The molecule has 1 unspecified atom stereocenters. The third kappa shape index (κ3) is 3.10. The molecular weight excluding hydrogens is 215 g/mol. The summed E-state index contributed by atoms with van der Waals surface area (Å²) in [7, 11) is 0. The fourth-order valence-corrected chi connectivity index (χ4v) is 0.814. The molecule has 0 bridgehead atoms. The van der Waals surface area contributed by atoms with E-state index in [1.54, 1.807) is 6.92 Å². The van der Waals surface area contributed by atoms with Crippen LogP contribution in [0.4, 0.5) is 13.2 Å². The number of hydrogen-bond acceptors (Lipinski definition) is 2. The van der Waals surface area contributed by atoms with Crippen molar-refractivity contribution in [1.29, 1.82) is 0 Å². The van der Waals surface area contributed by atoms with Crippen molar-refractivity contribution in [3.05, 3.63) is 0 Å². The van der Waals surface area contributed by atoms with E-state index in [0.717, 1.165) is 0 Å². The van der Waals surface area contributed by atoms with Crippen LogP contribution in [0.5, 0.6) is 0 Å². The van der Waals surface area contributed by atoms with E-state index in [9.17, 15) is 22.8 Å². The Morgan fingerprint density at radius 1 is 1.33 bits per heavy atom. The number of rotatable bonds is 4. The lowest BCUT2D eigenvalue weighted by Crippen LogP contribution is -2.61. The summed E-state index contributed by atoms with van der Waals surface area (Å²) >= 11 is 0. The van der Waals surface area contributed by atoms with E-state index in [-0.39, 0.29) is 6.42 Å². The molecule has 7 heteroatoms. The average Bonchev–Trinajstić information content (AvgIpc) is 2.01. The van der Waals surface area contributed by atoms with Gasteiger partial charge in [-0.05, 0) is 13.3 Å². The van der Waals surface area contributed by atoms with Crippen LogP contribution in [0.15, 0.2) is 0 Å². The van der Waals surface area contributed by atoms with Gasteiger partial charge in [0.05, 0.1) is 0 Å². The molecule has 88 valence electrons. The summed E-state index contributed by atoms with van der Waals surface area (Å²) in [5.41, 5.74) is -3.22. The second kappa shape index (κ2) is 4.50. The summed E-state index contributed by atoms with van der Waals surface area (Å²) < 4.78 is 37.1. The molecule has 15 heavy (non-hydrogen) atoms. The van der Waals surface area contributed by atoms with Crippen molar-refractivity contribution in [2.75, 3.05) is 0 Å². The van der Waals surface area contributed by atoms with Gasteiger partial charge in [-0.25, -0.2) is 4.79 Å². The van der Waals surface area contributed by atoms with E-state index in [1.165, 1.54) is 5.32 Å². The summed E-state index contributed by atoms with van der Waals surface area (Å²) in [5, 5.41) is 9.92. The lowest BCUT2D eigenvalue weighted by Gasteiger charge is -2.28. The maximum absolute atomic E-state index is 12.4. The minimum Gasteiger partial charge on any atom is -0.479 e. The molecule has 0 fully saturated rings. The number of carboxylic acid groups (broad SMARTS) is 1. The van der Waals surface area contributed by atoms with Crippen molar-refractivity contribution in [3.8, 4) is 0 Å². The number of nitrogens with one attached hydrogen (secondary N) is 1. The molecule has 1 atom stereocenters. The van der Waals surface area contributed by atoms with Crippen LogP contribution in [-0.4, -0.2) is 28.7 Å². The highest BCUT2D eigenvalue weighted by molar-refractivity contribution is 5.87. The van der Waals surface area contributed by atoms with Crippen LogP contribution in [-0.2, 0) is 9.59 Å². The lowest BCUT2D eigenvalue weighted by molar-refractivity contribution is -0.207. The Kier molecular flexibility index (Phi) is 4.12. The number of alkyl halides is 3. The van der Waals surface area contributed by atoms with E-state index in [0.29, 0.717) is 13.3 Å². The Bertz CT molecular complexity index is 264. The van der Waals surface area contributed by atoms with Crippen molar-refractivity contribution < 1.29 is 27.9 Å². The maximum atomic E-state index is 12.4. The van der Waals surface area contributed by atoms with Gasteiger partial charge in [0.15, 0.2) is 0 Å². The normalized spacial score (nSPS) is 15.5. The average molecular weight is 227 g/mol. The van der Waals surface area contributed by atoms with E-state index in [2.05, 4.69) is 0 Å². The van der Waals surface area contributed by atoms with Gasteiger partial charge in [0.2, 0.25) is 11.4 Å². The zero-order valence-electron chi connectivity index (χ0n) is 8.31. The quantitative estimate of drug-likeness (QED) is 0.760. The molecule has 0 rings (SSSR count). The third-order valence-corrected chi connectivity index (χ3v) is 1.86. The summed E-state index contributed by atoms with van der Waals surface area (Å²) in [6.45, 7) is 2.02. The molecule has 2 N–H and O–H groups in total. The van der Waals surface area contributed by atoms with Gasteiger partial charge in [0.25, 0.3) is 0 Å². The highest BCUT2D eigenvalue weighted by atomic mass is 19.4. The van der Waals surface area contributed by atoms with Crippen molar-refractivity contribution in [2.45, 2.75) is 38.4 Å². The van der Waals surface area contributed by atoms with E-state index < -0.39 is 23.6 Å². The zero-order chi connectivity index (χ0) is 12.3. The van der Waals surface area contributed by atoms with Gasteiger partial charge >= 0.3 is 12.1 Å². The van der Waals surface area contributed by atoms with Crippen molar-refractivity contribution in [2.24, 2.45) is 0 Å². The number of hydrogen-bond donors (Lipinski definition) is 2. The Labute approximate surface area is 84.5 Å². The van der Waals surface area contributed by atoms with Crippen LogP contribution in [0.1, 0.15) is 26.7 Å². The standard InChI is InChI=1S/C8H12F3NO3/c1-3-4-5(13)12-7(2,6(14)15)8(9,10)11/h3-4H2,1-2H3,(H,12,13)(H,14,15). The number of carboxylic acids is 1. The monoisotopic (exact) mass is 227 g/mol. The predicted octanol–water partition coefficient (Wildman–Crippen LogP) is 1.31. The first-order chi connectivity index (χ1) is 6.65. The minimum atomic E-state index is -5.03. The summed E-state index contributed by atoms with van der Waals surface area (Å²) in [6, 6.07) is 0. The molecule has 0 aliphatic heterocycles. The Morgan fingerprint density at radius 3 is 2.07 bits per heavy atom. The predicted molar refractivity (Wildman–Crippen MR) is 45.1 cm³/mol. The second-order valence-electron chi connectivity index (χ2n) is 3.23. The van der Waals surface area contributed by atoms with Crippen molar-refractivity contribution in [1.82, 2.24) is 5.32 Å². The topological polar surface area (TPSA) is 66.4 Å². The van der Waals surface area contributed by atoms with Gasteiger partial charge in [0.1, 0.15) is 0 Å². The van der Waals surface area contributed by atoms with E-state index in [4.69, 9.17) is 5.11 Å². The van der Waals surface area contributed by atoms with Gasteiger partial charge in [-0.15, -0.1) is 0 Å². The molecule has 0 saturated heterocycles. The molecular formula is C8H12F3NO3. The smallest absolute Gasteiger partial charge is 0.422 e. The third-order valence-electron chi connectivity index (χ3n) is 1.86. The van der Waals surface area contributed by atoms with Crippen molar-refractivity contribution >= 4 is 11.9 Å². The highest BCUT2D eigenvalue weighted by Crippen LogP contribution is 2.30. The van der Waals surface area contributed by atoms with Crippen LogP contribution >= 0.6 is 0 Å². The lowest BCUT2D eigenvalue weighted by atomic mass is 10.0. The van der Waals surface area contributed by atoms with Gasteiger partial charge in [-0.3, -0.25) is 4.79 Å². The van der Waals surface area contributed by atoms with Crippen LogP contribution in [0.3, 0.4) is 0 Å². The Balaban J connectivity index is 4.84. The first kappa shape index (κ1) is 13.7. The van der Waals surface area contributed by atoms with Crippen LogP contribution in [0.25, 0.3) is 0 Å². The number of carbonyl (C=O) groups is 2. The van der Waals surface area contributed by atoms with Crippen LogP contribution in [0, 0.1) is 0 Å². The molecule has 0 aromatic carbocycles. The molecule has 4 nitrogen and oxygen atoms in total. The molecule has 0 saturated carbocycles.